The van der Waals surface area contributed by atoms with Crippen LogP contribution in [0.15, 0.2) is 54.0 Å². The number of aromatic nitrogens is 3. The van der Waals surface area contributed by atoms with Crippen molar-refractivity contribution in [2.45, 2.75) is 6.54 Å². The number of nitrogens with zero attached hydrogens (tertiary/aromatic N) is 3. The van der Waals surface area contributed by atoms with Crippen LogP contribution in [-0.4, -0.2) is 26.7 Å². The van der Waals surface area contributed by atoms with Gasteiger partial charge in [0.1, 0.15) is 6.54 Å². The molecule has 0 atom stereocenters. The summed E-state index contributed by atoms with van der Waals surface area (Å²) in [5.41, 5.74) is 5.12. The molecule has 0 spiro atoms. The normalized spacial score (nSPS) is 11.2. The summed E-state index contributed by atoms with van der Waals surface area (Å²) in [6.07, 6.45) is 5.00. The van der Waals surface area contributed by atoms with Gasteiger partial charge in [-0.2, -0.15) is 5.10 Å². The lowest BCUT2D eigenvalue weighted by atomic mass is 10.3. The van der Waals surface area contributed by atoms with Crippen LogP contribution in [0.25, 0.3) is 11.0 Å². The first-order chi connectivity index (χ1) is 9.83. The van der Waals surface area contributed by atoms with Crippen LogP contribution in [0, 0.1) is 0 Å². The van der Waals surface area contributed by atoms with Crippen molar-refractivity contribution in [2.24, 2.45) is 5.10 Å². The monoisotopic (exact) mass is 267 g/mol. The average Bonchev–Trinajstić information content (AvgIpc) is 3.09. The van der Waals surface area contributed by atoms with Gasteiger partial charge in [0.05, 0.1) is 29.3 Å². The third-order valence-corrected chi connectivity index (χ3v) is 2.86. The molecular formula is C14H13N5O. The number of fused-ring (bicyclic) bond motifs is 1. The van der Waals surface area contributed by atoms with E-state index in [1.165, 1.54) is 0 Å². The van der Waals surface area contributed by atoms with Crippen LogP contribution in [0.1, 0.15) is 5.69 Å². The van der Waals surface area contributed by atoms with E-state index in [0.29, 0.717) is 0 Å². The molecule has 0 saturated heterocycles. The molecule has 6 heteroatoms. The molecule has 1 amide bonds. The Morgan fingerprint density at radius 1 is 1.35 bits per heavy atom. The van der Waals surface area contributed by atoms with Crippen molar-refractivity contribution in [2.75, 3.05) is 0 Å². The van der Waals surface area contributed by atoms with Crippen molar-refractivity contribution in [3.8, 4) is 0 Å². The molecule has 2 N–H and O–H groups in total. The Morgan fingerprint density at radius 3 is 3.10 bits per heavy atom. The van der Waals surface area contributed by atoms with Crippen molar-refractivity contribution >= 4 is 23.2 Å². The van der Waals surface area contributed by atoms with Crippen LogP contribution in [0.5, 0.6) is 0 Å². The molecule has 0 fully saturated rings. The number of hydrogen-bond acceptors (Lipinski definition) is 3. The molecule has 0 aliphatic carbocycles. The van der Waals surface area contributed by atoms with Gasteiger partial charge in [0.25, 0.3) is 5.91 Å². The van der Waals surface area contributed by atoms with Crippen LogP contribution in [0.2, 0.25) is 0 Å². The lowest BCUT2D eigenvalue weighted by Gasteiger charge is -2.02. The van der Waals surface area contributed by atoms with Gasteiger partial charge in [0.15, 0.2) is 0 Å². The summed E-state index contributed by atoms with van der Waals surface area (Å²) >= 11 is 0. The number of carbonyl (C=O) groups is 1. The van der Waals surface area contributed by atoms with E-state index in [1.807, 2.05) is 36.4 Å². The number of H-pyrrole nitrogens is 1. The summed E-state index contributed by atoms with van der Waals surface area (Å²) in [6.45, 7) is 0.183. The summed E-state index contributed by atoms with van der Waals surface area (Å²) in [4.78, 5) is 19.0. The van der Waals surface area contributed by atoms with Gasteiger partial charge in [-0.1, -0.05) is 12.1 Å². The van der Waals surface area contributed by atoms with E-state index in [-0.39, 0.29) is 12.5 Å². The molecule has 0 aliphatic heterocycles. The van der Waals surface area contributed by atoms with Gasteiger partial charge in [-0.15, -0.1) is 0 Å². The highest BCUT2D eigenvalue weighted by Gasteiger charge is 2.05. The maximum atomic E-state index is 11.8. The number of carbonyl (C=O) groups excluding carboxylic acids is 1. The van der Waals surface area contributed by atoms with E-state index in [0.717, 1.165) is 16.7 Å². The number of amides is 1. The second-order valence-corrected chi connectivity index (χ2v) is 4.28. The average molecular weight is 267 g/mol. The van der Waals surface area contributed by atoms with Gasteiger partial charge in [-0.3, -0.25) is 4.79 Å². The number of imidazole rings is 1. The van der Waals surface area contributed by atoms with Gasteiger partial charge in [-0.25, -0.2) is 10.4 Å². The first kappa shape index (κ1) is 12.2. The minimum absolute atomic E-state index is 0.183. The predicted molar refractivity (Wildman–Crippen MR) is 76.3 cm³/mol. The van der Waals surface area contributed by atoms with Crippen LogP contribution in [0.4, 0.5) is 0 Å². The smallest absolute Gasteiger partial charge is 0.260 e. The van der Waals surface area contributed by atoms with Crippen molar-refractivity contribution in [1.29, 1.82) is 0 Å². The molecule has 3 aromatic rings. The topological polar surface area (TPSA) is 75.1 Å². The fraction of sp³-hybridized carbons (Fsp3) is 0.0714. The fourth-order valence-corrected chi connectivity index (χ4v) is 1.92. The minimum Gasteiger partial charge on any atom is -0.360 e. The highest BCUT2D eigenvalue weighted by molar-refractivity contribution is 5.82. The number of hydrogen-bond donors (Lipinski definition) is 2. The molecule has 20 heavy (non-hydrogen) atoms. The molecule has 2 aromatic heterocycles. The lowest BCUT2D eigenvalue weighted by Crippen LogP contribution is -2.22. The molecule has 2 heterocycles. The number of rotatable bonds is 4. The van der Waals surface area contributed by atoms with Gasteiger partial charge in [-0.05, 0) is 24.3 Å². The Morgan fingerprint density at radius 2 is 2.25 bits per heavy atom. The number of hydrazone groups is 1. The van der Waals surface area contributed by atoms with E-state index in [2.05, 4.69) is 20.5 Å². The maximum absolute atomic E-state index is 11.8. The summed E-state index contributed by atoms with van der Waals surface area (Å²) in [5.74, 6) is -0.198. The van der Waals surface area contributed by atoms with Crippen molar-refractivity contribution < 1.29 is 4.79 Å². The van der Waals surface area contributed by atoms with E-state index >= 15 is 0 Å². The van der Waals surface area contributed by atoms with E-state index in [4.69, 9.17) is 0 Å². The number of nitrogens with one attached hydrogen (secondary N) is 2. The predicted octanol–water partition coefficient (Wildman–Crippen LogP) is 1.51. The van der Waals surface area contributed by atoms with Crippen molar-refractivity contribution in [1.82, 2.24) is 20.0 Å². The molecule has 3 rings (SSSR count). The molecule has 1 aromatic carbocycles. The van der Waals surface area contributed by atoms with Gasteiger partial charge in [0, 0.05) is 6.20 Å². The molecular weight excluding hydrogens is 254 g/mol. The largest absolute Gasteiger partial charge is 0.360 e. The highest BCUT2D eigenvalue weighted by Crippen LogP contribution is 2.11. The van der Waals surface area contributed by atoms with Crippen LogP contribution in [0.3, 0.4) is 0 Å². The first-order valence-corrected chi connectivity index (χ1v) is 6.18. The Labute approximate surface area is 115 Å². The Hall–Kier alpha value is -2.89. The van der Waals surface area contributed by atoms with Gasteiger partial charge >= 0.3 is 0 Å². The third-order valence-electron chi connectivity index (χ3n) is 2.86. The van der Waals surface area contributed by atoms with Crippen LogP contribution < -0.4 is 5.43 Å². The number of benzene rings is 1. The fourth-order valence-electron chi connectivity index (χ4n) is 1.92. The highest BCUT2D eigenvalue weighted by atomic mass is 16.2. The Bertz CT molecular complexity index is 742. The molecule has 0 aliphatic rings. The standard InChI is InChI=1S/C14H13N5O/c20-14(18-17-8-11-4-3-7-15-11)9-19-10-16-12-5-1-2-6-13(12)19/h1-8,10,15H,9H2,(H,18,20)/b17-8+. The Kier molecular flexibility index (Phi) is 3.28. The van der Waals surface area contributed by atoms with Crippen molar-refractivity contribution in [3.05, 3.63) is 54.6 Å². The number of aromatic amines is 1. The molecule has 0 bridgehead atoms. The number of para-hydroxylation sites is 2. The van der Waals surface area contributed by atoms with Crippen molar-refractivity contribution in [3.63, 3.8) is 0 Å². The van der Waals surface area contributed by atoms with E-state index in [9.17, 15) is 4.79 Å². The second-order valence-electron chi connectivity index (χ2n) is 4.28. The third kappa shape index (κ3) is 2.59. The quantitative estimate of drug-likeness (QED) is 0.555. The molecule has 0 saturated carbocycles. The second kappa shape index (κ2) is 5.40. The Balaban J connectivity index is 1.64. The van der Waals surface area contributed by atoms with E-state index < -0.39 is 0 Å². The minimum atomic E-state index is -0.198. The summed E-state index contributed by atoms with van der Waals surface area (Å²) in [7, 11) is 0. The SMILES string of the molecule is O=C(Cn1cnc2ccccc21)N/N=C/c1ccc[nH]1. The first-order valence-electron chi connectivity index (χ1n) is 6.18. The summed E-state index contributed by atoms with van der Waals surface area (Å²) in [5, 5.41) is 3.88. The summed E-state index contributed by atoms with van der Waals surface area (Å²) < 4.78 is 1.79. The van der Waals surface area contributed by atoms with Gasteiger partial charge in [0.2, 0.25) is 0 Å². The molecule has 0 unspecified atom stereocenters. The molecule has 6 nitrogen and oxygen atoms in total. The zero-order valence-corrected chi connectivity index (χ0v) is 10.7. The van der Waals surface area contributed by atoms with Gasteiger partial charge < -0.3 is 9.55 Å². The maximum Gasteiger partial charge on any atom is 0.260 e. The molecule has 0 radical (unpaired) electrons. The lowest BCUT2D eigenvalue weighted by molar-refractivity contribution is -0.121. The van der Waals surface area contributed by atoms with E-state index in [1.54, 1.807) is 23.3 Å². The van der Waals surface area contributed by atoms with Crippen LogP contribution in [-0.2, 0) is 11.3 Å². The molecule has 100 valence electrons. The zero-order chi connectivity index (χ0) is 13.8. The zero-order valence-electron chi connectivity index (χ0n) is 10.7. The van der Waals surface area contributed by atoms with Crippen LogP contribution >= 0.6 is 0 Å². The summed E-state index contributed by atoms with van der Waals surface area (Å²) in [6, 6.07) is 11.4.